The molecule has 6 nitrogen and oxygen atoms in total. The normalized spacial score (nSPS) is 12.8. The number of hydrogen-bond acceptors (Lipinski definition) is 5. The highest BCUT2D eigenvalue weighted by Crippen LogP contribution is 2.29. The molecule has 1 aromatic carbocycles. The summed E-state index contributed by atoms with van der Waals surface area (Å²) in [5.74, 6) is 2.44. The first-order valence-electron chi connectivity index (χ1n) is 7.52. The Morgan fingerprint density at radius 2 is 2.04 bits per heavy atom. The van der Waals surface area contributed by atoms with Gasteiger partial charge in [0.2, 0.25) is 0 Å². The summed E-state index contributed by atoms with van der Waals surface area (Å²) < 4.78 is 7.74. The molecule has 0 fully saturated rings. The van der Waals surface area contributed by atoms with Gasteiger partial charge in [0.25, 0.3) is 5.78 Å². The predicted octanol–water partition coefficient (Wildman–Crippen LogP) is 3.38. The van der Waals surface area contributed by atoms with Gasteiger partial charge < -0.3 is 9.32 Å². The SMILES string of the molecule is Cc1cc(N(C)[C@@H](C)c2cc3ccccc3o2)n2ncnc2n1. The van der Waals surface area contributed by atoms with Crippen LogP contribution < -0.4 is 4.90 Å². The second kappa shape index (κ2) is 5.08. The maximum atomic E-state index is 5.99. The van der Waals surface area contributed by atoms with Gasteiger partial charge in [-0.25, -0.2) is 4.98 Å². The van der Waals surface area contributed by atoms with Crippen molar-refractivity contribution in [3.05, 3.63) is 54.2 Å². The van der Waals surface area contributed by atoms with Crippen molar-refractivity contribution in [2.75, 3.05) is 11.9 Å². The Labute approximate surface area is 133 Å². The van der Waals surface area contributed by atoms with Crippen LogP contribution in [0, 0.1) is 6.92 Å². The molecule has 116 valence electrons. The largest absolute Gasteiger partial charge is 0.459 e. The predicted molar refractivity (Wildman–Crippen MR) is 88.6 cm³/mol. The molecule has 0 aliphatic heterocycles. The molecule has 0 unspecified atom stereocenters. The number of fused-ring (bicyclic) bond motifs is 2. The van der Waals surface area contributed by atoms with Crippen LogP contribution in [-0.4, -0.2) is 26.6 Å². The molecular formula is C17H17N5O. The van der Waals surface area contributed by atoms with Gasteiger partial charge in [-0.1, -0.05) is 18.2 Å². The standard InChI is InChI=1S/C17H17N5O/c1-11-8-16(22-17(20-11)18-10-19-22)21(3)12(2)15-9-13-6-4-5-7-14(13)23-15/h4-10,12H,1-3H3/t12-/m0/s1. The molecular weight excluding hydrogens is 290 g/mol. The van der Waals surface area contributed by atoms with E-state index in [2.05, 4.69) is 39.0 Å². The van der Waals surface area contributed by atoms with Crippen LogP contribution in [0.1, 0.15) is 24.4 Å². The second-order valence-corrected chi connectivity index (χ2v) is 5.70. The van der Waals surface area contributed by atoms with E-state index in [0.29, 0.717) is 5.78 Å². The van der Waals surface area contributed by atoms with Crippen molar-refractivity contribution in [2.24, 2.45) is 0 Å². The molecule has 3 heterocycles. The first-order chi connectivity index (χ1) is 11.1. The summed E-state index contributed by atoms with van der Waals surface area (Å²) in [6.45, 7) is 4.06. The fraction of sp³-hybridized carbons (Fsp3) is 0.235. The molecule has 0 bridgehead atoms. The summed E-state index contributed by atoms with van der Waals surface area (Å²) in [5.41, 5.74) is 1.81. The van der Waals surface area contributed by atoms with E-state index in [1.165, 1.54) is 6.33 Å². The van der Waals surface area contributed by atoms with Crippen molar-refractivity contribution in [1.82, 2.24) is 19.6 Å². The highest BCUT2D eigenvalue weighted by molar-refractivity contribution is 5.77. The molecule has 0 radical (unpaired) electrons. The van der Waals surface area contributed by atoms with Crippen LogP contribution in [0.25, 0.3) is 16.7 Å². The Bertz CT molecular complexity index is 954. The Morgan fingerprint density at radius 3 is 2.87 bits per heavy atom. The van der Waals surface area contributed by atoms with E-state index in [0.717, 1.165) is 28.2 Å². The molecule has 4 aromatic rings. The zero-order valence-electron chi connectivity index (χ0n) is 13.3. The fourth-order valence-electron chi connectivity index (χ4n) is 2.76. The Kier molecular flexibility index (Phi) is 3.04. The van der Waals surface area contributed by atoms with Crippen LogP contribution in [0.2, 0.25) is 0 Å². The van der Waals surface area contributed by atoms with Crippen molar-refractivity contribution in [1.29, 1.82) is 0 Å². The monoisotopic (exact) mass is 307 g/mol. The molecule has 6 heteroatoms. The average molecular weight is 307 g/mol. The van der Waals surface area contributed by atoms with E-state index in [4.69, 9.17) is 4.42 Å². The number of aryl methyl sites for hydroxylation is 1. The number of aromatic nitrogens is 4. The number of para-hydroxylation sites is 1. The zero-order valence-corrected chi connectivity index (χ0v) is 13.3. The molecule has 3 aromatic heterocycles. The van der Waals surface area contributed by atoms with Crippen LogP contribution in [0.5, 0.6) is 0 Å². The van der Waals surface area contributed by atoms with E-state index >= 15 is 0 Å². The summed E-state index contributed by atoms with van der Waals surface area (Å²) in [6.07, 6.45) is 1.52. The Balaban J connectivity index is 1.77. The molecule has 0 saturated carbocycles. The number of anilines is 1. The third-order valence-corrected chi connectivity index (χ3v) is 4.16. The smallest absolute Gasteiger partial charge is 0.254 e. The van der Waals surface area contributed by atoms with E-state index in [1.807, 2.05) is 38.2 Å². The minimum absolute atomic E-state index is 0.0524. The third-order valence-electron chi connectivity index (χ3n) is 4.16. The maximum Gasteiger partial charge on any atom is 0.254 e. The lowest BCUT2D eigenvalue weighted by molar-refractivity contribution is 0.499. The number of hydrogen-bond donors (Lipinski definition) is 0. The number of furan rings is 1. The van der Waals surface area contributed by atoms with Gasteiger partial charge in [-0.2, -0.15) is 14.6 Å². The van der Waals surface area contributed by atoms with Gasteiger partial charge in [0.15, 0.2) is 0 Å². The highest BCUT2D eigenvalue weighted by Gasteiger charge is 2.20. The molecule has 0 saturated heterocycles. The van der Waals surface area contributed by atoms with Crippen molar-refractivity contribution in [2.45, 2.75) is 19.9 Å². The molecule has 0 aliphatic rings. The molecule has 1 atom stereocenters. The minimum atomic E-state index is 0.0524. The molecule has 0 aliphatic carbocycles. The lowest BCUT2D eigenvalue weighted by atomic mass is 10.2. The van der Waals surface area contributed by atoms with Crippen molar-refractivity contribution >= 4 is 22.6 Å². The van der Waals surface area contributed by atoms with Gasteiger partial charge in [0.05, 0.1) is 6.04 Å². The first-order valence-corrected chi connectivity index (χ1v) is 7.52. The summed E-state index contributed by atoms with van der Waals surface area (Å²) >= 11 is 0. The molecule has 0 amide bonds. The van der Waals surface area contributed by atoms with Crippen LogP contribution >= 0.6 is 0 Å². The van der Waals surface area contributed by atoms with Crippen molar-refractivity contribution < 1.29 is 4.42 Å². The summed E-state index contributed by atoms with van der Waals surface area (Å²) in [7, 11) is 2.02. The van der Waals surface area contributed by atoms with Gasteiger partial charge in [-0.05, 0) is 26.0 Å². The van der Waals surface area contributed by atoms with E-state index in [9.17, 15) is 0 Å². The van der Waals surface area contributed by atoms with E-state index in [1.54, 1.807) is 4.52 Å². The third kappa shape index (κ3) is 2.23. The molecule has 0 N–H and O–H groups in total. The van der Waals surface area contributed by atoms with Gasteiger partial charge in [-0.3, -0.25) is 0 Å². The fourth-order valence-corrected chi connectivity index (χ4v) is 2.76. The summed E-state index contributed by atoms with van der Waals surface area (Å²) in [5, 5.41) is 5.38. The van der Waals surface area contributed by atoms with Crippen molar-refractivity contribution in [3.8, 4) is 0 Å². The zero-order chi connectivity index (χ0) is 16.0. The number of nitrogens with zero attached hydrogens (tertiary/aromatic N) is 5. The molecule has 0 spiro atoms. The molecule has 4 rings (SSSR count). The summed E-state index contributed by atoms with van der Waals surface area (Å²) in [6, 6.07) is 12.2. The van der Waals surface area contributed by atoms with Gasteiger partial charge >= 0.3 is 0 Å². The summed E-state index contributed by atoms with van der Waals surface area (Å²) in [4.78, 5) is 10.7. The van der Waals surface area contributed by atoms with Crippen molar-refractivity contribution in [3.63, 3.8) is 0 Å². The second-order valence-electron chi connectivity index (χ2n) is 5.70. The van der Waals surface area contributed by atoms with Gasteiger partial charge in [0.1, 0.15) is 23.5 Å². The first kappa shape index (κ1) is 13.8. The number of benzene rings is 1. The average Bonchev–Trinajstić information content (AvgIpc) is 3.18. The van der Waals surface area contributed by atoms with Crippen LogP contribution in [-0.2, 0) is 0 Å². The Morgan fingerprint density at radius 1 is 1.22 bits per heavy atom. The maximum absolute atomic E-state index is 5.99. The quantitative estimate of drug-likeness (QED) is 0.581. The van der Waals surface area contributed by atoms with Crippen LogP contribution in [0.4, 0.5) is 5.82 Å². The van der Waals surface area contributed by atoms with Crippen LogP contribution in [0.3, 0.4) is 0 Å². The minimum Gasteiger partial charge on any atom is -0.459 e. The Hall–Kier alpha value is -2.89. The molecule has 23 heavy (non-hydrogen) atoms. The van der Waals surface area contributed by atoms with Gasteiger partial charge in [-0.15, -0.1) is 0 Å². The highest BCUT2D eigenvalue weighted by atomic mass is 16.3. The van der Waals surface area contributed by atoms with E-state index in [-0.39, 0.29) is 6.04 Å². The lowest BCUT2D eigenvalue weighted by Gasteiger charge is -2.25. The lowest BCUT2D eigenvalue weighted by Crippen LogP contribution is -2.24. The van der Waals surface area contributed by atoms with E-state index < -0.39 is 0 Å². The van der Waals surface area contributed by atoms with Crippen LogP contribution in [0.15, 0.2) is 47.1 Å². The van der Waals surface area contributed by atoms with Gasteiger partial charge in [0, 0.05) is 24.2 Å². The topological polar surface area (TPSA) is 59.5 Å². The number of rotatable bonds is 3.